The molecule has 5 heteroatoms. The highest BCUT2D eigenvalue weighted by Crippen LogP contribution is 2.35. The maximum atomic E-state index is 9.74. The summed E-state index contributed by atoms with van der Waals surface area (Å²) < 4.78 is 0. The molecular formula is C14H20N4O. The molecule has 19 heavy (non-hydrogen) atoms. The summed E-state index contributed by atoms with van der Waals surface area (Å²) >= 11 is 0. The van der Waals surface area contributed by atoms with Gasteiger partial charge in [0.15, 0.2) is 0 Å². The van der Waals surface area contributed by atoms with Crippen LogP contribution in [0.3, 0.4) is 0 Å². The van der Waals surface area contributed by atoms with Crippen LogP contribution in [0, 0.1) is 17.2 Å². The van der Waals surface area contributed by atoms with Crippen molar-refractivity contribution in [3.63, 3.8) is 0 Å². The lowest BCUT2D eigenvalue weighted by atomic mass is 9.77. The largest absolute Gasteiger partial charge is 0.397 e. The number of aliphatic hydroxyl groups excluding tert-OH is 1. The molecule has 0 aromatic carbocycles. The third kappa shape index (κ3) is 2.96. The van der Waals surface area contributed by atoms with Crippen molar-refractivity contribution in [3.8, 4) is 6.07 Å². The number of hydrogen-bond acceptors (Lipinski definition) is 5. The minimum absolute atomic E-state index is 0.0499. The van der Waals surface area contributed by atoms with E-state index in [0.717, 1.165) is 19.3 Å². The molecule has 2 atom stereocenters. The smallest absolute Gasteiger partial charge is 0.144 e. The number of nitrogen functional groups attached to an aromatic ring is 1. The van der Waals surface area contributed by atoms with Gasteiger partial charge in [-0.15, -0.1) is 0 Å². The molecule has 0 spiro atoms. The van der Waals surface area contributed by atoms with E-state index >= 15 is 0 Å². The van der Waals surface area contributed by atoms with Crippen molar-refractivity contribution in [2.45, 2.75) is 38.1 Å². The van der Waals surface area contributed by atoms with Crippen molar-refractivity contribution in [1.29, 1.82) is 5.26 Å². The Morgan fingerprint density at radius 2 is 2.47 bits per heavy atom. The molecule has 5 nitrogen and oxygen atoms in total. The first-order valence-corrected chi connectivity index (χ1v) is 6.63. The van der Waals surface area contributed by atoms with Crippen LogP contribution in [0.1, 0.15) is 38.2 Å². The Balaban J connectivity index is 2.26. The van der Waals surface area contributed by atoms with Gasteiger partial charge in [-0.05, 0) is 24.8 Å². The number of nitrogens with one attached hydrogen (secondary N) is 1. The first-order valence-electron chi connectivity index (χ1n) is 6.63. The number of nitriles is 1. The second-order valence-electron chi connectivity index (χ2n) is 5.54. The summed E-state index contributed by atoms with van der Waals surface area (Å²) in [6.07, 6.45) is 5.57. The zero-order chi connectivity index (χ0) is 13.9. The Morgan fingerprint density at radius 1 is 1.68 bits per heavy atom. The van der Waals surface area contributed by atoms with Gasteiger partial charge in [0.2, 0.25) is 0 Å². The quantitative estimate of drug-likeness (QED) is 0.771. The molecular weight excluding hydrogens is 240 g/mol. The number of aliphatic hydroxyl groups is 1. The summed E-state index contributed by atoms with van der Waals surface area (Å²) in [5, 5.41) is 22.2. The molecule has 0 saturated heterocycles. The molecule has 0 bridgehead atoms. The minimum Gasteiger partial charge on any atom is -0.397 e. The molecule has 0 radical (unpaired) electrons. The van der Waals surface area contributed by atoms with Crippen LogP contribution >= 0.6 is 0 Å². The molecule has 1 fully saturated rings. The maximum absolute atomic E-state index is 9.74. The SMILES string of the molecule is CC1CCCC(CO)(Nc2ncc(N)cc2C#N)C1. The number of hydrogen-bond donors (Lipinski definition) is 3. The van der Waals surface area contributed by atoms with Crippen LogP contribution in [0.25, 0.3) is 0 Å². The van der Waals surface area contributed by atoms with E-state index in [0.29, 0.717) is 23.0 Å². The predicted molar refractivity (Wildman–Crippen MR) is 74.4 cm³/mol. The van der Waals surface area contributed by atoms with E-state index in [1.165, 1.54) is 12.6 Å². The van der Waals surface area contributed by atoms with E-state index in [9.17, 15) is 5.11 Å². The Hall–Kier alpha value is -1.80. The van der Waals surface area contributed by atoms with Gasteiger partial charge in [0.25, 0.3) is 0 Å². The van der Waals surface area contributed by atoms with Gasteiger partial charge in [-0.1, -0.05) is 19.8 Å². The van der Waals surface area contributed by atoms with Crippen molar-refractivity contribution >= 4 is 11.5 Å². The van der Waals surface area contributed by atoms with Crippen molar-refractivity contribution in [2.75, 3.05) is 17.7 Å². The third-order valence-corrected chi connectivity index (χ3v) is 3.81. The molecule has 0 amide bonds. The minimum atomic E-state index is -0.369. The number of nitrogens with zero attached hydrogens (tertiary/aromatic N) is 2. The third-order valence-electron chi connectivity index (χ3n) is 3.81. The van der Waals surface area contributed by atoms with E-state index < -0.39 is 0 Å². The number of pyridine rings is 1. The number of anilines is 2. The highest BCUT2D eigenvalue weighted by molar-refractivity contribution is 5.58. The van der Waals surface area contributed by atoms with E-state index in [1.54, 1.807) is 6.07 Å². The molecule has 2 unspecified atom stereocenters. The van der Waals surface area contributed by atoms with Crippen LogP contribution in [-0.4, -0.2) is 22.2 Å². The van der Waals surface area contributed by atoms with Gasteiger partial charge in [0.05, 0.1) is 29.6 Å². The van der Waals surface area contributed by atoms with Crippen LogP contribution in [0.5, 0.6) is 0 Å². The Kier molecular flexibility index (Phi) is 3.91. The van der Waals surface area contributed by atoms with Gasteiger partial charge in [0, 0.05) is 0 Å². The average molecular weight is 260 g/mol. The van der Waals surface area contributed by atoms with E-state index in [2.05, 4.69) is 23.3 Å². The summed E-state index contributed by atoms with van der Waals surface area (Å²) in [4.78, 5) is 4.19. The average Bonchev–Trinajstić information content (AvgIpc) is 2.41. The second-order valence-corrected chi connectivity index (χ2v) is 5.54. The van der Waals surface area contributed by atoms with Crippen LogP contribution in [0.4, 0.5) is 11.5 Å². The molecule has 1 aromatic rings. The van der Waals surface area contributed by atoms with Crippen molar-refractivity contribution < 1.29 is 5.11 Å². The second kappa shape index (κ2) is 5.45. The Morgan fingerprint density at radius 3 is 3.11 bits per heavy atom. The summed E-state index contributed by atoms with van der Waals surface area (Å²) in [6.45, 7) is 2.24. The fourth-order valence-corrected chi connectivity index (χ4v) is 2.87. The molecule has 4 N–H and O–H groups in total. The first kappa shape index (κ1) is 13.6. The van der Waals surface area contributed by atoms with Crippen molar-refractivity contribution in [3.05, 3.63) is 17.8 Å². The van der Waals surface area contributed by atoms with Gasteiger partial charge in [-0.25, -0.2) is 4.98 Å². The highest BCUT2D eigenvalue weighted by atomic mass is 16.3. The van der Waals surface area contributed by atoms with Gasteiger partial charge in [0.1, 0.15) is 11.9 Å². The van der Waals surface area contributed by atoms with E-state index in [-0.39, 0.29) is 12.1 Å². The zero-order valence-electron chi connectivity index (χ0n) is 11.2. The number of nitrogens with two attached hydrogens (primary N) is 1. The number of aromatic nitrogens is 1. The Labute approximate surface area is 113 Å². The fraction of sp³-hybridized carbons (Fsp3) is 0.571. The van der Waals surface area contributed by atoms with Crippen LogP contribution < -0.4 is 11.1 Å². The number of rotatable bonds is 3. The molecule has 1 aliphatic rings. The lowest BCUT2D eigenvalue weighted by molar-refractivity contribution is 0.149. The fourth-order valence-electron chi connectivity index (χ4n) is 2.87. The summed E-state index contributed by atoms with van der Waals surface area (Å²) in [6, 6.07) is 3.70. The lowest BCUT2D eigenvalue weighted by Gasteiger charge is -2.40. The Bertz CT molecular complexity index is 497. The molecule has 1 saturated carbocycles. The van der Waals surface area contributed by atoms with Gasteiger partial charge in [-0.3, -0.25) is 0 Å². The van der Waals surface area contributed by atoms with Crippen LogP contribution in [0.2, 0.25) is 0 Å². The standard InChI is InChI=1S/C14H20N4O/c1-10-3-2-4-14(6-10,9-19)18-13-11(7-15)5-12(16)8-17-13/h5,8,10,19H,2-4,6,9,16H2,1H3,(H,17,18). The summed E-state index contributed by atoms with van der Waals surface area (Å²) in [5.74, 6) is 1.08. The van der Waals surface area contributed by atoms with Crippen LogP contribution in [-0.2, 0) is 0 Å². The highest BCUT2D eigenvalue weighted by Gasteiger charge is 2.35. The van der Waals surface area contributed by atoms with Gasteiger partial charge in [-0.2, -0.15) is 5.26 Å². The van der Waals surface area contributed by atoms with E-state index in [1.807, 2.05) is 0 Å². The van der Waals surface area contributed by atoms with E-state index in [4.69, 9.17) is 11.0 Å². The normalized spacial score (nSPS) is 26.7. The zero-order valence-corrected chi connectivity index (χ0v) is 11.2. The molecule has 1 heterocycles. The monoisotopic (exact) mass is 260 g/mol. The van der Waals surface area contributed by atoms with Crippen molar-refractivity contribution in [1.82, 2.24) is 4.98 Å². The lowest BCUT2D eigenvalue weighted by Crippen LogP contribution is -2.46. The van der Waals surface area contributed by atoms with Crippen molar-refractivity contribution in [2.24, 2.45) is 5.92 Å². The topological polar surface area (TPSA) is 95.0 Å². The molecule has 0 aliphatic heterocycles. The predicted octanol–water partition coefficient (Wildman–Crippen LogP) is 1.89. The van der Waals surface area contributed by atoms with Gasteiger partial charge >= 0.3 is 0 Å². The summed E-state index contributed by atoms with van der Waals surface area (Å²) in [5.41, 5.74) is 6.16. The molecule has 1 aliphatic carbocycles. The molecule has 102 valence electrons. The first-order chi connectivity index (χ1) is 9.08. The summed E-state index contributed by atoms with van der Waals surface area (Å²) in [7, 11) is 0. The maximum Gasteiger partial charge on any atom is 0.144 e. The van der Waals surface area contributed by atoms with Gasteiger partial charge < -0.3 is 16.2 Å². The van der Waals surface area contributed by atoms with Crippen LogP contribution in [0.15, 0.2) is 12.3 Å². The molecule has 1 aromatic heterocycles. The molecule has 2 rings (SSSR count).